The molecular weight excluding hydrogens is 496 g/mol. The van der Waals surface area contributed by atoms with E-state index in [1.54, 1.807) is 42.2 Å². The molecule has 0 radical (unpaired) electrons. The van der Waals surface area contributed by atoms with Gasteiger partial charge in [-0.15, -0.1) is 0 Å². The van der Waals surface area contributed by atoms with Gasteiger partial charge in [-0.1, -0.05) is 49.8 Å². The van der Waals surface area contributed by atoms with Crippen molar-refractivity contribution < 1.29 is 29.0 Å². The maximum absolute atomic E-state index is 14.4. The monoisotopic (exact) mass is 528 g/mol. The molecule has 2 saturated heterocycles. The third-order valence-electron chi connectivity index (χ3n) is 8.14. The average molecular weight is 529 g/mol. The number of amides is 2. The van der Waals surface area contributed by atoms with Crippen LogP contribution in [0.5, 0.6) is 0 Å². The summed E-state index contributed by atoms with van der Waals surface area (Å²) in [5.41, 5.74) is -1.92. The first-order valence-electron chi connectivity index (χ1n) is 12.9. The number of nitrogens with zero attached hydrogens (tertiary/aromatic N) is 2. The van der Waals surface area contributed by atoms with Gasteiger partial charge in [-0.25, -0.2) is 0 Å². The van der Waals surface area contributed by atoms with Crippen LogP contribution in [0.15, 0.2) is 48.6 Å². The Kier molecular flexibility index (Phi) is 6.71. The van der Waals surface area contributed by atoms with E-state index in [2.05, 4.69) is 0 Å². The second-order valence-corrected chi connectivity index (χ2v) is 11.2. The molecule has 4 aliphatic heterocycles. The molecule has 1 N–H and O–H groups in total. The minimum atomic E-state index is -1.40. The predicted octanol–water partition coefficient (Wildman–Crippen LogP) is 3.12. The van der Waals surface area contributed by atoms with Crippen LogP contribution in [0.3, 0.4) is 0 Å². The van der Waals surface area contributed by atoms with E-state index < -0.39 is 41.1 Å². The van der Waals surface area contributed by atoms with Crippen molar-refractivity contribution >= 4 is 35.1 Å². The molecular formula is C28H33ClN2O6. The van der Waals surface area contributed by atoms with Gasteiger partial charge in [0.05, 0.1) is 30.8 Å². The van der Waals surface area contributed by atoms with E-state index in [-0.39, 0.29) is 37.5 Å². The molecule has 4 aliphatic rings. The van der Waals surface area contributed by atoms with Gasteiger partial charge < -0.3 is 24.4 Å². The minimum absolute atomic E-state index is 0.146. The number of carbonyl (C=O) groups excluding carboxylic acids is 3. The van der Waals surface area contributed by atoms with Crippen LogP contribution in [0.4, 0.5) is 5.69 Å². The summed E-state index contributed by atoms with van der Waals surface area (Å²) < 4.78 is 12.4. The molecule has 2 amide bonds. The molecule has 9 heteroatoms. The molecule has 8 nitrogen and oxygen atoms in total. The Morgan fingerprint density at radius 3 is 2.49 bits per heavy atom. The average Bonchev–Trinajstić information content (AvgIpc) is 3.20. The highest BCUT2D eigenvalue weighted by atomic mass is 35.5. The molecule has 0 aromatic heterocycles. The molecule has 2 fully saturated rings. The molecule has 1 spiro atoms. The van der Waals surface area contributed by atoms with E-state index >= 15 is 0 Å². The number of anilines is 1. The number of likely N-dealkylation sites (tertiary alicyclic amines) is 1. The van der Waals surface area contributed by atoms with Crippen molar-refractivity contribution in [3.63, 3.8) is 0 Å². The van der Waals surface area contributed by atoms with Gasteiger partial charge in [0.1, 0.15) is 17.6 Å². The normalized spacial score (nSPS) is 35.2. The van der Waals surface area contributed by atoms with Gasteiger partial charge in [-0.05, 0) is 49.9 Å². The third-order valence-corrected chi connectivity index (χ3v) is 8.39. The van der Waals surface area contributed by atoms with Crippen molar-refractivity contribution in [1.29, 1.82) is 0 Å². The lowest BCUT2D eigenvalue weighted by Gasteiger charge is -2.41. The first-order valence-corrected chi connectivity index (χ1v) is 13.2. The number of carbonyl (C=O) groups is 3. The van der Waals surface area contributed by atoms with E-state index in [1.165, 1.54) is 4.90 Å². The summed E-state index contributed by atoms with van der Waals surface area (Å²) in [5, 5.41) is 10.9. The fourth-order valence-electron chi connectivity index (χ4n) is 6.40. The summed E-state index contributed by atoms with van der Waals surface area (Å²) in [6, 6.07) is 5.21. The minimum Gasteiger partial charge on any atom is -0.465 e. The summed E-state index contributed by atoms with van der Waals surface area (Å²) in [7, 11) is 0. The summed E-state index contributed by atoms with van der Waals surface area (Å²) in [4.78, 5) is 45.2. The number of ether oxygens (including phenoxy) is 2. The van der Waals surface area contributed by atoms with Gasteiger partial charge in [-0.2, -0.15) is 0 Å². The van der Waals surface area contributed by atoms with Gasteiger partial charge in [0.2, 0.25) is 5.91 Å². The first-order chi connectivity index (χ1) is 17.6. The molecule has 4 heterocycles. The van der Waals surface area contributed by atoms with Gasteiger partial charge in [0.25, 0.3) is 5.91 Å². The maximum atomic E-state index is 14.4. The summed E-state index contributed by atoms with van der Waals surface area (Å²) in [6.07, 6.45) is 8.79. The number of esters is 1. The topological polar surface area (TPSA) is 96.4 Å². The molecule has 0 saturated carbocycles. The number of fused-ring (bicyclic) bond motifs is 2. The lowest BCUT2D eigenvalue weighted by molar-refractivity contribution is -0.160. The molecule has 1 aromatic carbocycles. The Morgan fingerprint density at radius 1 is 1.08 bits per heavy atom. The number of cyclic esters (lactones) is 1. The van der Waals surface area contributed by atoms with E-state index in [9.17, 15) is 19.5 Å². The van der Waals surface area contributed by atoms with Crippen LogP contribution in [-0.2, 0) is 23.9 Å². The van der Waals surface area contributed by atoms with Gasteiger partial charge in [-0.3, -0.25) is 14.4 Å². The zero-order valence-electron chi connectivity index (χ0n) is 21.3. The third kappa shape index (κ3) is 4.01. The Morgan fingerprint density at radius 2 is 1.81 bits per heavy atom. The lowest BCUT2D eigenvalue weighted by atomic mass is 9.74. The molecule has 6 atom stereocenters. The highest BCUT2D eigenvalue weighted by molar-refractivity contribution is 6.30. The molecule has 0 aliphatic carbocycles. The Bertz CT molecular complexity index is 1150. The van der Waals surface area contributed by atoms with Crippen molar-refractivity contribution in [2.24, 2.45) is 17.8 Å². The quantitative estimate of drug-likeness (QED) is 0.476. The zero-order valence-corrected chi connectivity index (χ0v) is 22.1. The van der Waals surface area contributed by atoms with Crippen molar-refractivity contribution in [3.8, 4) is 0 Å². The first kappa shape index (κ1) is 25.9. The fraction of sp³-hybridized carbons (Fsp3) is 0.536. The summed E-state index contributed by atoms with van der Waals surface area (Å²) >= 11 is 6.09. The van der Waals surface area contributed by atoms with Crippen LogP contribution in [0.25, 0.3) is 0 Å². The second-order valence-electron chi connectivity index (χ2n) is 10.8. The van der Waals surface area contributed by atoms with Crippen LogP contribution in [0.1, 0.15) is 33.6 Å². The zero-order chi connectivity index (χ0) is 26.5. The van der Waals surface area contributed by atoms with Gasteiger partial charge in [0, 0.05) is 17.3 Å². The number of allylic oxidation sites excluding steroid dienone is 1. The number of benzene rings is 1. The highest BCUT2D eigenvalue weighted by Gasteiger charge is 2.75. The highest BCUT2D eigenvalue weighted by Crippen LogP contribution is 2.57. The number of aliphatic hydroxyl groups excluding tert-OH is 1. The SMILES string of the molecule is CC(C)[C@H](CO)N1C(=O)[C@@H]2[C@@H]3C(=O)OCCC/C=C\[C@]3(C)O[C@@]23C=CCN(c2ccc(Cl)cc2)C(=O)C13. The Balaban J connectivity index is 1.69. The number of halogens is 1. The molecule has 1 aromatic rings. The number of hydrogen-bond donors (Lipinski definition) is 1. The van der Waals surface area contributed by atoms with Crippen molar-refractivity contribution in [2.45, 2.75) is 56.9 Å². The summed E-state index contributed by atoms with van der Waals surface area (Å²) in [6.45, 7) is 5.75. The van der Waals surface area contributed by atoms with E-state index in [0.29, 0.717) is 23.6 Å². The molecule has 5 rings (SSSR count). The van der Waals surface area contributed by atoms with Gasteiger partial charge >= 0.3 is 5.97 Å². The molecule has 37 heavy (non-hydrogen) atoms. The summed E-state index contributed by atoms with van der Waals surface area (Å²) in [5.74, 6) is -3.28. The van der Waals surface area contributed by atoms with Crippen molar-refractivity contribution in [3.05, 3.63) is 53.6 Å². The number of rotatable bonds is 4. The van der Waals surface area contributed by atoms with E-state index in [4.69, 9.17) is 21.1 Å². The number of hydrogen-bond acceptors (Lipinski definition) is 6. The maximum Gasteiger partial charge on any atom is 0.313 e. The molecule has 0 bridgehead atoms. The van der Waals surface area contributed by atoms with Crippen LogP contribution < -0.4 is 4.90 Å². The van der Waals surface area contributed by atoms with E-state index in [0.717, 1.165) is 0 Å². The molecule has 198 valence electrons. The van der Waals surface area contributed by atoms with Crippen LogP contribution >= 0.6 is 11.6 Å². The Labute approximate surface area is 221 Å². The van der Waals surface area contributed by atoms with Crippen LogP contribution in [0, 0.1) is 17.8 Å². The fourth-order valence-corrected chi connectivity index (χ4v) is 6.53. The van der Waals surface area contributed by atoms with Crippen molar-refractivity contribution in [2.75, 3.05) is 24.7 Å². The second kappa shape index (κ2) is 9.57. The van der Waals surface area contributed by atoms with E-state index in [1.807, 2.05) is 32.1 Å². The molecule has 1 unspecified atom stereocenters. The van der Waals surface area contributed by atoms with Gasteiger partial charge in [0.15, 0.2) is 0 Å². The lowest BCUT2D eigenvalue weighted by Crippen LogP contribution is -2.59. The smallest absolute Gasteiger partial charge is 0.313 e. The van der Waals surface area contributed by atoms with Crippen LogP contribution in [0.2, 0.25) is 5.02 Å². The predicted molar refractivity (Wildman–Crippen MR) is 138 cm³/mol. The number of aliphatic hydroxyl groups is 1. The largest absolute Gasteiger partial charge is 0.465 e. The standard InChI is InChI=1S/C28H33ClN2O6/c1-17(2)20(16-32)31-23-25(34)30(19-10-8-18(29)9-11-19)14-7-13-28(23)21(24(31)33)22-26(35)36-15-6-4-5-12-27(22,3)37-28/h5,7-13,17,20-23,32H,4,6,14-16H2,1-3H3/b12-5-/t20-,21-,22+,23?,27-,28-/m0/s1. The Hall–Kier alpha value is -2.68. The van der Waals surface area contributed by atoms with Crippen LogP contribution in [-0.4, -0.2) is 70.8 Å². The van der Waals surface area contributed by atoms with Crippen molar-refractivity contribution in [1.82, 2.24) is 4.90 Å².